The van der Waals surface area contributed by atoms with E-state index < -0.39 is 5.92 Å². The summed E-state index contributed by atoms with van der Waals surface area (Å²) in [6, 6.07) is 9.53. The maximum Gasteiger partial charge on any atom is 0.205 e. The van der Waals surface area contributed by atoms with E-state index in [4.69, 9.17) is 15.2 Å². The van der Waals surface area contributed by atoms with Crippen LogP contribution in [0.3, 0.4) is 0 Å². The van der Waals surface area contributed by atoms with E-state index in [2.05, 4.69) is 6.07 Å². The summed E-state index contributed by atoms with van der Waals surface area (Å²) in [6.45, 7) is 2.50. The van der Waals surface area contributed by atoms with E-state index in [1.165, 1.54) is 0 Å². The molecule has 0 fully saturated rings. The van der Waals surface area contributed by atoms with Crippen LogP contribution in [0.1, 0.15) is 37.7 Å². The van der Waals surface area contributed by atoms with Crippen molar-refractivity contribution in [3.63, 3.8) is 0 Å². The molecule has 0 unspecified atom stereocenters. The minimum atomic E-state index is -0.452. The Morgan fingerprint density at radius 3 is 2.74 bits per heavy atom. The van der Waals surface area contributed by atoms with Gasteiger partial charge in [0.05, 0.1) is 12.5 Å². The molecule has 0 spiro atoms. The van der Waals surface area contributed by atoms with Crippen LogP contribution in [0, 0.1) is 11.3 Å². The lowest BCUT2D eigenvalue weighted by Crippen LogP contribution is -2.27. The third-order valence-electron chi connectivity index (χ3n) is 4.13. The molecule has 1 aliphatic heterocycles. The van der Waals surface area contributed by atoms with Crippen LogP contribution in [-0.2, 0) is 9.53 Å². The smallest absolute Gasteiger partial charge is 0.205 e. The number of rotatable bonds is 3. The molecular weight excluding hydrogens is 292 g/mol. The molecule has 0 saturated carbocycles. The zero-order valence-electron chi connectivity index (χ0n) is 13.0. The molecule has 0 amide bonds. The Morgan fingerprint density at radius 2 is 2.09 bits per heavy atom. The van der Waals surface area contributed by atoms with Crippen molar-refractivity contribution in [1.82, 2.24) is 0 Å². The van der Waals surface area contributed by atoms with Gasteiger partial charge in [0.2, 0.25) is 5.88 Å². The van der Waals surface area contributed by atoms with E-state index >= 15 is 0 Å². The van der Waals surface area contributed by atoms with Crippen molar-refractivity contribution in [2.45, 2.75) is 32.1 Å². The number of hydrogen-bond acceptors (Lipinski definition) is 5. The summed E-state index contributed by atoms with van der Waals surface area (Å²) in [5.74, 6) is 1.04. The number of hydrogen-bond donors (Lipinski definition) is 1. The molecule has 3 rings (SSSR count). The van der Waals surface area contributed by atoms with Crippen LogP contribution in [-0.4, -0.2) is 12.4 Å². The Balaban J connectivity index is 2.07. The normalized spacial score (nSPS) is 20.7. The second-order valence-electron chi connectivity index (χ2n) is 5.54. The number of ketones is 1. The Kier molecular flexibility index (Phi) is 4.07. The molecule has 0 radical (unpaired) electrons. The Bertz CT molecular complexity index is 739. The fourth-order valence-electron chi connectivity index (χ4n) is 3.11. The molecule has 1 heterocycles. The van der Waals surface area contributed by atoms with Gasteiger partial charge < -0.3 is 15.2 Å². The average molecular weight is 310 g/mol. The van der Waals surface area contributed by atoms with E-state index in [1.807, 2.05) is 31.2 Å². The molecule has 2 N–H and O–H groups in total. The van der Waals surface area contributed by atoms with Gasteiger partial charge in [0.15, 0.2) is 5.78 Å². The van der Waals surface area contributed by atoms with Gasteiger partial charge in [-0.25, -0.2) is 0 Å². The average Bonchev–Trinajstić information content (AvgIpc) is 2.55. The number of Topliss-reactive ketones (excluding diaryl/α,β-unsaturated/α-hetero) is 1. The Labute approximate surface area is 135 Å². The minimum absolute atomic E-state index is 0.0328. The van der Waals surface area contributed by atoms with Crippen LogP contribution >= 0.6 is 0 Å². The van der Waals surface area contributed by atoms with Crippen molar-refractivity contribution in [2.24, 2.45) is 5.73 Å². The summed E-state index contributed by atoms with van der Waals surface area (Å²) in [5, 5.41) is 9.48. The van der Waals surface area contributed by atoms with Crippen LogP contribution in [0.4, 0.5) is 0 Å². The number of allylic oxidation sites excluding steroid dienone is 3. The quantitative estimate of drug-likeness (QED) is 0.927. The number of nitriles is 1. The number of nitrogens with zero attached hydrogens (tertiary/aromatic N) is 1. The zero-order valence-corrected chi connectivity index (χ0v) is 13.0. The minimum Gasteiger partial charge on any atom is -0.494 e. The largest absolute Gasteiger partial charge is 0.494 e. The molecular formula is C18H18N2O3. The standard InChI is InChI=1S/C18H18N2O3/c1-2-22-12-8-6-11(7-9-12)16-13(10-19)18(20)23-15-5-3-4-14(21)17(15)16/h6-9,16H,2-5,20H2,1H3/t16-/m1/s1. The number of ether oxygens (including phenoxy) is 2. The van der Waals surface area contributed by atoms with Crippen LogP contribution in [0.25, 0.3) is 0 Å². The highest BCUT2D eigenvalue weighted by Gasteiger charge is 2.37. The van der Waals surface area contributed by atoms with E-state index in [-0.39, 0.29) is 11.7 Å². The van der Waals surface area contributed by atoms with Gasteiger partial charge in [-0.05, 0) is 31.0 Å². The lowest BCUT2D eigenvalue weighted by Gasteiger charge is -2.31. The van der Waals surface area contributed by atoms with Crippen molar-refractivity contribution >= 4 is 5.78 Å². The first-order valence-electron chi connectivity index (χ1n) is 7.72. The first-order valence-corrected chi connectivity index (χ1v) is 7.72. The SMILES string of the molecule is CCOc1ccc([C@@H]2C(C#N)=C(N)OC3=C2C(=O)CCC3)cc1. The number of carbonyl (C=O) groups excluding carboxylic acids is 1. The molecule has 0 aromatic heterocycles. The predicted molar refractivity (Wildman–Crippen MR) is 84.1 cm³/mol. The van der Waals surface area contributed by atoms with Gasteiger partial charge in [-0.15, -0.1) is 0 Å². The summed E-state index contributed by atoms with van der Waals surface area (Å²) >= 11 is 0. The number of carbonyl (C=O) groups is 1. The monoisotopic (exact) mass is 310 g/mol. The van der Waals surface area contributed by atoms with Crippen LogP contribution < -0.4 is 10.5 Å². The van der Waals surface area contributed by atoms with Crippen molar-refractivity contribution < 1.29 is 14.3 Å². The highest BCUT2D eigenvalue weighted by atomic mass is 16.5. The topological polar surface area (TPSA) is 85.3 Å². The second kappa shape index (κ2) is 6.17. The van der Waals surface area contributed by atoms with E-state index in [0.29, 0.717) is 36.4 Å². The highest BCUT2D eigenvalue weighted by Crippen LogP contribution is 2.43. The van der Waals surface area contributed by atoms with Gasteiger partial charge in [0.1, 0.15) is 23.2 Å². The van der Waals surface area contributed by atoms with Crippen LogP contribution in [0.15, 0.2) is 47.1 Å². The lowest BCUT2D eigenvalue weighted by atomic mass is 9.77. The first kappa shape index (κ1) is 15.2. The second-order valence-corrected chi connectivity index (χ2v) is 5.54. The molecule has 1 atom stereocenters. The summed E-state index contributed by atoms with van der Waals surface area (Å²) in [7, 11) is 0. The van der Waals surface area contributed by atoms with Gasteiger partial charge in [-0.2, -0.15) is 5.26 Å². The summed E-state index contributed by atoms with van der Waals surface area (Å²) in [6.07, 6.45) is 1.91. The van der Waals surface area contributed by atoms with Gasteiger partial charge >= 0.3 is 0 Å². The van der Waals surface area contributed by atoms with Gasteiger partial charge in [0.25, 0.3) is 0 Å². The van der Waals surface area contributed by atoms with Crippen molar-refractivity contribution in [3.05, 3.63) is 52.6 Å². The molecule has 23 heavy (non-hydrogen) atoms. The molecule has 5 nitrogen and oxygen atoms in total. The van der Waals surface area contributed by atoms with Crippen LogP contribution in [0.5, 0.6) is 5.75 Å². The number of benzene rings is 1. The molecule has 5 heteroatoms. The van der Waals surface area contributed by atoms with E-state index in [0.717, 1.165) is 17.7 Å². The van der Waals surface area contributed by atoms with Crippen molar-refractivity contribution in [2.75, 3.05) is 6.61 Å². The van der Waals surface area contributed by atoms with Gasteiger partial charge in [-0.1, -0.05) is 12.1 Å². The van der Waals surface area contributed by atoms with Gasteiger partial charge in [-0.3, -0.25) is 4.79 Å². The zero-order chi connectivity index (χ0) is 16.4. The maximum atomic E-state index is 12.4. The first-order chi connectivity index (χ1) is 11.2. The lowest BCUT2D eigenvalue weighted by molar-refractivity contribution is -0.116. The Morgan fingerprint density at radius 1 is 1.35 bits per heavy atom. The molecule has 0 bridgehead atoms. The van der Waals surface area contributed by atoms with Crippen LogP contribution in [0.2, 0.25) is 0 Å². The molecule has 2 aliphatic rings. The maximum absolute atomic E-state index is 12.4. The van der Waals surface area contributed by atoms with Crippen molar-refractivity contribution in [3.8, 4) is 11.8 Å². The fraction of sp³-hybridized carbons (Fsp3) is 0.333. The summed E-state index contributed by atoms with van der Waals surface area (Å²) < 4.78 is 11.0. The molecule has 118 valence electrons. The summed E-state index contributed by atoms with van der Waals surface area (Å²) in [5.41, 5.74) is 7.63. The highest BCUT2D eigenvalue weighted by molar-refractivity contribution is 5.99. The van der Waals surface area contributed by atoms with Crippen molar-refractivity contribution in [1.29, 1.82) is 5.26 Å². The predicted octanol–water partition coefficient (Wildman–Crippen LogP) is 2.90. The Hall–Kier alpha value is -2.74. The molecule has 1 aromatic rings. The molecule has 1 aliphatic carbocycles. The molecule has 1 aromatic carbocycles. The number of nitrogens with two attached hydrogens (primary N) is 1. The van der Waals surface area contributed by atoms with E-state index in [9.17, 15) is 10.1 Å². The third-order valence-corrected chi connectivity index (χ3v) is 4.13. The molecule has 0 saturated heterocycles. The van der Waals surface area contributed by atoms with Gasteiger partial charge in [0, 0.05) is 18.4 Å². The third kappa shape index (κ3) is 2.68. The van der Waals surface area contributed by atoms with E-state index in [1.54, 1.807) is 0 Å². The fourth-order valence-corrected chi connectivity index (χ4v) is 3.11. The summed E-state index contributed by atoms with van der Waals surface area (Å²) in [4.78, 5) is 12.4.